The lowest BCUT2D eigenvalue weighted by Crippen LogP contribution is -2.57. The Labute approximate surface area is 233 Å². The Kier molecular flexibility index (Phi) is 8.18. The highest BCUT2D eigenvalue weighted by Crippen LogP contribution is 2.55. The molecule has 3 fully saturated rings. The molecule has 3 heterocycles. The fraction of sp³-hybridized carbons (Fsp3) is 0.656. The maximum Gasteiger partial charge on any atom is 0.246 e. The molecule has 39 heavy (non-hydrogen) atoms. The van der Waals surface area contributed by atoms with Gasteiger partial charge in [0.15, 0.2) is 0 Å². The zero-order valence-corrected chi connectivity index (χ0v) is 23.9. The van der Waals surface area contributed by atoms with E-state index in [0.717, 1.165) is 44.9 Å². The Morgan fingerprint density at radius 3 is 2.51 bits per heavy atom. The lowest BCUT2D eigenvalue weighted by Gasteiger charge is -2.36. The molecule has 1 spiro atoms. The molecule has 7 atom stereocenters. The second-order valence-electron chi connectivity index (χ2n) is 12.4. The number of amides is 3. The summed E-state index contributed by atoms with van der Waals surface area (Å²) in [6.07, 6.45) is 11.6. The number of ether oxygens (including phenoxy) is 1. The quantitative estimate of drug-likeness (QED) is 0.319. The molecule has 3 amide bonds. The number of unbranched alkanes of at least 4 members (excludes halogenated alkanes) is 3. The van der Waals surface area contributed by atoms with Crippen LogP contribution in [-0.4, -0.2) is 53.0 Å². The summed E-state index contributed by atoms with van der Waals surface area (Å²) in [5.74, 6) is -1.07. The van der Waals surface area contributed by atoms with Gasteiger partial charge in [0.25, 0.3) is 0 Å². The fourth-order valence-electron chi connectivity index (χ4n) is 7.19. The van der Waals surface area contributed by atoms with Crippen LogP contribution in [-0.2, 0) is 19.1 Å². The van der Waals surface area contributed by atoms with Crippen LogP contribution in [0.25, 0.3) is 0 Å². The zero-order chi connectivity index (χ0) is 27.7. The van der Waals surface area contributed by atoms with E-state index in [1.807, 2.05) is 36.4 Å². The van der Waals surface area contributed by atoms with Crippen molar-refractivity contribution in [3.8, 4) is 0 Å². The minimum atomic E-state index is -1.10. The van der Waals surface area contributed by atoms with Gasteiger partial charge < -0.3 is 20.3 Å². The Morgan fingerprint density at radius 1 is 1.08 bits per heavy atom. The largest absolute Gasteiger partial charge is 0.359 e. The maximum absolute atomic E-state index is 14.0. The van der Waals surface area contributed by atoms with Crippen molar-refractivity contribution in [3.63, 3.8) is 0 Å². The number of nitrogens with one attached hydrogen (secondary N) is 2. The van der Waals surface area contributed by atoms with Crippen molar-refractivity contribution in [2.75, 3.05) is 11.9 Å². The first-order chi connectivity index (χ1) is 18.8. The van der Waals surface area contributed by atoms with Gasteiger partial charge in [-0.25, -0.2) is 0 Å². The predicted molar refractivity (Wildman–Crippen MR) is 152 cm³/mol. The molecule has 1 aromatic carbocycles. The highest BCUT2D eigenvalue weighted by molar-refractivity contribution is 6.02. The first-order valence-electron chi connectivity index (χ1n) is 15.2. The summed E-state index contributed by atoms with van der Waals surface area (Å²) in [7, 11) is 0. The van der Waals surface area contributed by atoms with Crippen molar-refractivity contribution in [2.45, 2.75) is 109 Å². The van der Waals surface area contributed by atoms with Gasteiger partial charge in [0, 0.05) is 18.3 Å². The van der Waals surface area contributed by atoms with Gasteiger partial charge in [-0.15, -0.1) is 0 Å². The molecule has 212 valence electrons. The number of anilines is 1. The van der Waals surface area contributed by atoms with Gasteiger partial charge in [0.1, 0.15) is 11.6 Å². The molecule has 1 aromatic rings. The van der Waals surface area contributed by atoms with Gasteiger partial charge in [0.2, 0.25) is 17.7 Å². The molecule has 7 heteroatoms. The van der Waals surface area contributed by atoms with E-state index in [0.29, 0.717) is 24.1 Å². The van der Waals surface area contributed by atoms with Crippen molar-refractivity contribution in [1.82, 2.24) is 10.2 Å². The van der Waals surface area contributed by atoms with Crippen molar-refractivity contribution in [3.05, 3.63) is 42.0 Å². The van der Waals surface area contributed by atoms with Crippen LogP contribution >= 0.6 is 0 Å². The molecule has 3 aliphatic heterocycles. The summed E-state index contributed by atoms with van der Waals surface area (Å²) >= 11 is 0. The molecule has 2 saturated heterocycles. The number of hydrogen-bond acceptors (Lipinski definition) is 4. The van der Waals surface area contributed by atoms with E-state index in [-0.39, 0.29) is 23.8 Å². The standard InChI is InChI=1S/C32H45N3O4/c1-5-6-7-10-19-35-28(30(37)34-24-12-9-8-11-21(24)4)32-18-17-25(39-32)26(27(32)31(35)38)29(36)33-23-15-13-22(14-16-23)20(2)3/h13-18,20-21,24-28H,5-12,19H2,1-4H3,(H,33,36)(H,34,37)/t21-,24-,25+,26+,27+,28-,32-/m0/s1. The van der Waals surface area contributed by atoms with Crippen LogP contribution in [0.15, 0.2) is 36.4 Å². The van der Waals surface area contributed by atoms with Crippen LogP contribution in [0.4, 0.5) is 5.69 Å². The van der Waals surface area contributed by atoms with E-state index < -0.39 is 29.6 Å². The second kappa shape index (κ2) is 11.4. The number of rotatable bonds is 10. The molecule has 7 nitrogen and oxygen atoms in total. The first-order valence-corrected chi connectivity index (χ1v) is 15.2. The number of carbonyl (C=O) groups excluding carboxylic acids is 3. The summed E-state index contributed by atoms with van der Waals surface area (Å²) < 4.78 is 6.49. The average molecular weight is 536 g/mol. The van der Waals surface area contributed by atoms with Gasteiger partial charge in [-0.3, -0.25) is 14.4 Å². The van der Waals surface area contributed by atoms with Crippen LogP contribution in [0.5, 0.6) is 0 Å². The number of fused-ring (bicyclic) bond motifs is 1. The molecule has 5 rings (SSSR count). The van der Waals surface area contributed by atoms with Gasteiger partial charge in [-0.1, -0.05) is 84.1 Å². The molecule has 0 radical (unpaired) electrons. The van der Waals surface area contributed by atoms with E-state index in [9.17, 15) is 14.4 Å². The van der Waals surface area contributed by atoms with Crippen molar-refractivity contribution in [2.24, 2.45) is 17.8 Å². The Hall–Kier alpha value is -2.67. The summed E-state index contributed by atoms with van der Waals surface area (Å²) in [6.45, 7) is 9.12. The zero-order valence-electron chi connectivity index (χ0n) is 23.9. The smallest absolute Gasteiger partial charge is 0.246 e. The lowest BCUT2D eigenvalue weighted by molar-refractivity contribution is -0.141. The van der Waals surface area contributed by atoms with E-state index >= 15 is 0 Å². The second-order valence-corrected chi connectivity index (χ2v) is 12.4. The number of likely N-dealkylation sites (tertiary alicyclic amines) is 1. The highest BCUT2D eigenvalue weighted by atomic mass is 16.5. The Morgan fingerprint density at radius 2 is 1.82 bits per heavy atom. The average Bonchev–Trinajstić information content (AvgIpc) is 3.55. The van der Waals surface area contributed by atoms with Crippen LogP contribution in [0, 0.1) is 17.8 Å². The van der Waals surface area contributed by atoms with Crippen molar-refractivity contribution < 1.29 is 19.1 Å². The summed E-state index contributed by atoms with van der Waals surface area (Å²) in [5.41, 5.74) is 0.800. The van der Waals surface area contributed by atoms with Crippen LogP contribution in [0.2, 0.25) is 0 Å². The number of benzene rings is 1. The molecule has 0 unspecified atom stereocenters. The molecule has 2 bridgehead atoms. The third-order valence-electron chi connectivity index (χ3n) is 9.46. The molecule has 1 aliphatic carbocycles. The van der Waals surface area contributed by atoms with Crippen molar-refractivity contribution in [1.29, 1.82) is 0 Å². The summed E-state index contributed by atoms with van der Waals surface area (Å²) in [4.78, 5) is 43.4. The fourth-order valence-corrected chi connectivity index (χ4v) is 7.19. The third kappa shape index (κ3) is 5.15. The Balaban J connectivity index is 1.39. The molecule has 4 aliphatic rings. The highest BCUT2D eigenvalue weighted by Gasteiger charge is 2.72. The van der Waals surface area contributed by atoms with Crippen LogP contribution in [0.3, 0.4) is 0 Å². The molecule has 2 N–H and O–H groups in total. The molecule has 0 aromatic heterocycles. The van der Waals surface area contributed by atoms with Crippen molar-refractivity contribution >= 4 is 23.4 Å². The summed E-state index contributed by atoms with van der Waals surface area (Å²) in [5, 5.41) is 6.33. The first kappa shape index (κ1) is 27.9. The number of hydrogen-bond donors (Lipinski definition) is 2. The van der Waals surface area contributed by atoms with Gasteiger partial charge in [-0.2, -0.15) is 0 Å². The Bertz CT molecular complexity index is 1100. The third-order valence-corrected chi connectivity index (χ3v) is 9.46. The molecular formula is C32H45N3O4. The van der Waals surface area contributed by atoms with Crippen LogP contribution in [0.1, 0.15) is 90.5 Å². The summed E-state index contributed by atoms with van der Waals surface area (Å²) in [6, 6.07) is 7.20. The van der Waals surface area contributed by atoms with E-state index in [1.54, 1.807) is 4.90 Å². The monoisotopic (exact) mass is 535 g/mol. The number of carbonyl (C=O) groups is 3. The topological polar surface area (TPSA) is 87.7 Å². The SMILES string of the molecule is CCCCCCN1C(=O)[C@H]2[C@H](C(=O)Nc3ccc(C(C)C)cc3)[C@H]3C=C[C@@]2(O3)[C@@H]1C(=O)N[C@H]1CCCC[C@@H]1C. The van der Waals surface area contributed by atoms with E-state index in [2.05, 4.69) is 38.3 Å². The normalized spacial score (nSPS) is 33.1. The van der Waals surface area contributed by atoms with Gasteiger partial charge >= 0.3 is 0 Å². The molecular weight excluding hydrogens is 490 g/mol. The van der Waals surface area contributed by atoms with Gasteiger partial charge in [0.05, 0.1) is 17.9 Å². The predicted octanol–water partition coefficient (Wildman–Crippen LogP) is 5.17. The lowest BCUT2D eigenvalue weighted by atomic mass is 9.74. The van der Waals surface area contributed by atoms with Gasteiger partial charge in [-0.05, 0) is 48.8 Å². The maximum atomic E-state index is 14.0. The van der Waals surface area contributed by atoms with E-state index in [1.165, 1.54) is 12.0 Å². The van der Waals surface area contributed by atoms with Crippen LogP contribution < -0.4 is 10.6 Å². The molecule has 1 saturated carbocycles. The van der Waals surface area contributed by atoms with E-state index in [4.69, 9.17) is 4.74 Å². The number of nitrogens with zero attached hydrogens (tertiary/aromatic N) is 1. The minimum absolute atomic E-state index is 0.106. The minimum Gasteiger partial charge on any atom is -0.359 e.